The van der Waals surface area contributed by atoms with E-state index in [9.17, 15) is 14.4 Å². The molecular formula is C20H19N3O5. The maximum Gasteiger partial charge on any atom is 0.346 e. The maximum atomic E-state index is 12.8. The Morgan fingerprint density at radius 2 is 1.86 bits per heavy atom. The predicted octanol–water partition coefficient (Wildman–Crippen LogP) is 2.42. The van der Waals surface area contributed by atoms with Gasteiger partial charge >= 0.3 is 12.0 Å². The number of urea groups is 1. The summed E-state index contributed by atoms with van der Waals surface area (Å²) in [6, 6.07) is 13.1. The van der Waals surface area contributed by atoms with E-state index in [1.807, 2.05) is 6.07 Å². The van der Waals surface area contributed by atoms with Crippen LogP contribution in [0.5, 0.6) is 11.5 Å². The Balaban J connectivity index is 1.83. The van der Waals surface area contributed by atoms with Crippen molar-refractivity contribution in [3.63, 3.8) is 0 Å². The molecule has 0 aliphatic carbocycles. The molecule has 1 N–H and O–H groups in total. The highest BCUT2D eigenvalue weighted by Gasteiger charge is 2.49. The minimum Gasteiger partial charge on any atom is -0.493 e. The topological polar surface area (TPSA) is 97.3 Å². The Morgan fingerprint density at radius 3 is 2.50 bits per heavy atom. The number of imide groups is 1. The molecule has 8 heteroatoms. The minimum absolute atomic E-state index is 0.263. The zero-order valence-corrected chi connectivity index (χ0v) is 15.6. The largest absolute Gasteiger partial charge is 0.493 e. The molecule has 0 bridgehead atoms. The molecular weight excluding hydrogens is 362 g/mol. The number of rotatable bonds is 5. The van der Waals surface area contributed by atoms with Crippen molar-refractivity contribution >= 4 is 24.1 Å². The van der Waals surface area contributed by atoms with Gasteiger partial charge in [-0.2, -0.15) is 5.10 Å². The number of ether oxygens (including phenoxy) is 2. The molecule has 1 atom stereocenters. The van der Waals surface area contributed by atoms with Gasteiger partial charge in [-0.15, -0.1) is 5.01 Å². The van der Waals surface area contributed by atoms with Gasteiger partial charge in [0.05, 0.1) is 13.3 Å². The molecule has 0 radical (unpaired) electrons. The standard InChI is InChI=1S/C20H19N3O5/c1-13(24)28-16-10-9-14(11-17(16)27-3)12-21-23-18(25)20(2,22-19(23)26)15-7-5-4-6-8-15/h4-12H,1-3H3,(H,22,26)/b21-12-/t20-/m0/s1. The third kappa shape index (κ3) is 3.57. The first-order chi connectivity index (χ1) is 13.3. The van der Waals surface area contributed by atoms with Crippen molar-refractivity contribution in [3.8, 4) is 11.5 Å². The van der Waals surface area contributed by atoms with Crippen LogP contribution in [0.15, 0.2) is 53.6 Å². The average Bonchev–Trinajstić information content (AvgIpc) is 2.90. The number of hydrogen-bond donors (Lipinski definition) is 1. The van der Waals surface area contributed by atoms with Gasteiger partial charge < -0.3 is 14.8 Å². The summed E-state index contributed by atoms with van der Waals surface area (Å²) >= 11 is 0. The van der Waals surface area contributed by atoms with Crippen LogP contribution in [0.25, 0.3) is 0 Å². The SMILES string of the molecule is COc1cc(/C=N\N2C(=O)N[C@@](C)(c3ccccc3)C2=O)ccc1OC(C)=O. The molecule has 3 amide bonds. The predicted molar refractivity (Wildman–Crippen MR) is 101 cm³/mol. The van der Waals surface area contributed by atoms with Crippen molar-refractivity contribution in [2.75, 3.05) is 7.11 Å². The van der Waals surface area contributed by atoms with E-state index in [0.29, 0.717) is 16.9 Å². The number of amides is 3. The molecule has 144 valence electrons. The second-order valence-corrected chi connectivity index (χ2v) is 6.29. The Bertz CT molecular complexity index is 958. The molecule has 0 spiro atoms. The third-order valence-electron chi connectivity index (χ3n) is 4.28. The molecule has 2 aromatic carbocycles. The number of methoxy groups -OCH3 is 1. The Labute approximate surface area is 161 Å². The first kappa shape index (κ1) is 19.1. The normalized spacial score (nSPS) is 19.0. The molecule has 1 aliphatic heterocycles. The summed E-state index contributed by atoms with van der Waals surface area (Å²) in [6.07, 6.45) is 1.36. The van der Waals surface area contributed by atoms with Crippen LogP contribution >= 0.6 is 0 Å². The van der Waals surface area contributed by atoms with E-state index in [0.717, 1.165) is 5.01 Å². The Kier molecular flexibility index (Phi) is 5.12. The van der Waals surface area contributed by atoms with Crippen LogP contribution in [0.1, 0.15) is 25.0 Å². The smallest absolute Gasteiger partial charge is 0.346 e. The number of hydrogen-bond acceptors (Lipinski definition) is 6. The first-order valence-corrected chi connectivity index (χ1v) is 8.48. The monoisotopic (exact) mass is 381 g/mol. The molecule has 0 aromatic heterocycles. The molecule has 2 aromatic rings. The number of nitrogens with zero attached hydrogens (tertiary/aromatic N) is 2. The summed E-state index contributed by atoms with van der Waals surface area (Å²) in [7, 11) is 1.44. The van der Waals surface area contributed by atoms with Crippen LogP contribution in [0.3, 0.4) is 0 Å². The van der Waals surface area contributed by atoms with Crippen molar-refractivity contribution in [1.29, 1.82) is 0 Å². The number of carbonyl (C=O) groups is 3. The molecule has 3 rings (SSSR count). The summed E-state index contributed by atoms with van der Waals surface area (Å²) in [5, 5.41) is 7.49. The summed E-state index contributed by atoms with van der Waals surface area (Å²) < 4.78 is 10.2. The number of carbonyl (C=O) groups excluding carboxylic acids is 3. The highest BCUT2D eigenvalue weighted by molar-refractivity contribution is 6.07. The summed E-state index contributed by atoms with van der Waals surface area (Å²) in [4.78, 5) is 36.2. The van der Waals surface area contributed by atoms with Crippen LogP contribution in [0.2, 0.25) is 0 Å². The molecule has 8 nitrogen and oxygen atoms in total. The van der Waals surface area contributed by atoms with E-state index >= 15 is 0 Å². The van der Waals surface area contributed by atoms with Gasteiger partial charge in [-0.25, -0.2) is 4.79 Å². The van der Waals surface area contributed by atoms with E-state index < -0.39 is 23.4 Å². The second kappa shape index (κ2) is 7.51. The van der Waals surface area contributed by atoms with Crippen LogP contribution < -0.4 is 14.8 Å². The van der Waals surface area contributed by atoms with Crippen LogP contribution in [-0.4, -0.2) is 36.2 Å². The lowest BCUT2D eigenvalue weighted by Gasteiger charge is -2.20. The highest BCUT2D eigenvalue weighted by Crippen LogP contribution is 2.30. The van der Waals surface area contributed by atoms with Gasteiger partial charge in [-0.1, -0.05) is 30.3 Å². The minimum atomic E-state index is -1.19. The highest BCUT2D eigenvalue weighted by atomic mass is 16.6. The lowest BCUT2D eigenvalue weighted by atomic mass is 9.92. The fourth-order valence-corrected chi connectivity index (χ4v) is 2.82. The molecule has 1 aliphatic rings. The van der Waals surface area contributed by atoms with Crippen LogP contribution in [0, 0.1) is 0 Å². The molecule has 0 unspecified atom stereocenters. The van der Waals surface area contributed by atoms with Gasteiger partial charge in [0.15, 0.2) is 11.5 Å². The number of nitrogens with one attached hydrogen (secondary N) is 1. The molecule has 28 heavy (non-hydrogen) atoms. The van der Waals surface area contributed by atoms with Gasteiger partial charge in [0, 0.05) is 6.92 Å². The lowest BCUT2D eigenvalue weighted by Crippen LogP contribution is -2.40. The van der Waals surface area contributed by atoms with Gasteiger partial charge in [0.2, 0.25) is 0 Å². The fourth-order valence-electron chi connectivity index (χ4n) is 2.82. The second-order valence-electron chi connectivity index (χ2n) is 6.29. The summed E-state index contributed by atoms with van der Waals surface area (Å²) in [6.45, 7) is 2.92. The van der Waals surface area contributed by atoms with Crippen molar-refractivity contribution in [2.45, 2.75) is 19.4 Å². The van der Waals surface area contributed by atoms with Crippen LogP contribution in [-0.2, 0) is 15.1 Å². The zero-order chi connectivity index (χ0) is 20.3. The molecule has 1 fully saturated rings. The average molecular weight is 381 g/mol. The Morgan fingerprint density at radius 1 is 1.14 bits per heavy atom. The number of benzene rings is 2. The zero-order valence-electron chi connectivity index (χ0n) is 15.6. The molecule has 1 saturated heterocycles. The quantitative estimate of drug-likeness (QED) is 0.371. The van der Waals surface area contributed by atoms with Gasteiger partial charge in [-0.3, -0.25) is 9.59 Å². The maximum absolute atomic E-state index is 12.8. The van der Waals surface area contributed by atoms with E-state index in [1.165, 1.54) is 20.2 Å². The van der Waals surface area contributed by atoms with Crippen molar-refractivity contribution in [2.24, 2.45) is 5.10 Å². The summed E-state index contributed by atoms with van der Waals surface area (Å²) in [5.74, 6) is -0.369. The fraction of sp³-hybridized carbons (Fsp3) is 0.200. The van der Waals surface area contributed by atoms with E-state index in [1.54, 1.807) is 49.4 Å². The van der Waals surface area contributed by atoms with Crippen molar-refractivity contribution in [1.82, 2.24) is 10.3 Å². The molecule has 0 saturated carbocycles. The van der Waals surface area contributed by atoms with Gasteiger partial charge in [-0.05, 0) is 36.2 Å². The lowest BCUT2D eigenvalue weighted by molar-refractivity contribution is -0.132. The number of esters is 1. The van der Waals surface area contributed by atoms with E-state index in [2.05, 4.69) is 10.4 Å². The Hall–Kier alpha value is -3.68. The number of hydrazone groups is 1. The van der Waals surface area contributed by atoms with Gasteiger partial charge in [0.25, 0.3) is 5.91 Å². The van der Waals surface area contributed by atoms with Gasteiger partial charge in [0.1, 0.15) is 5.54 Å². The summed E-state index contributed by atoms with van der Waals surface area (Å²) in [5.41, 5.74) is 0.0344. The van der Waals surface area contributed by atoms with E-state index in [-0.39, 0.29) is 5.75 Å². The van der Waals surface area contributed by atoms with E-state index in [4.69, 9.17) is 9.47 Å². The van der Waals surface area contributed by atoms with Crippen molar-refractivity contribution in [3.05, 3.63) is 59.7 Å². The third-order valence-corrected chi connectivity index (χ3v) is 4.28. The molecule has 1 heterocycles. The van der Waals surface area contributed by atoms with Crippen molar-refractivity contribution < 1.29 is 23.9 Å². The van der Waals surface area contributed by atoms with Crippen LogP contribution in [0.4, 0.5) is 4.79 Å². The first-order valence-electron chi connectivity index (χ1n) is 8.48.